The van der Waals surface area contributed by atoms with E-state index >= 15 is 0 Å². The Kier molecular flexibility index (Phi) is 8.70. The summed E-state index contributed by atoms with van der Waals surface area (Å²) in [6.07, 6.45) is 3.64. The Morgan fingerprint density at radius 3 is 2.59 bits per heavy atom. The van der Waals surface area contributed by atoms with Gasteiger partial charge in [0.25, 0.3) is 0 Å². The molecule has 1 aromatic carbocycles. The molecule has 3 N–H and O–H groups in total. The molecule has 8 heteroatoms. The number of rotatable bonds is 10. The van der Waals surface area contributed by atoms with Crippen LogP contribution in [-0.4, -0.2) is 49.9 Å². The Morgan fingerprint density at radius 1 is 1.12 bits per heavy atom. The zero-order chi connectivity index (χ0) is 24.9. The summed E-state index contributed by atoms with van der Waals surface area (Å²) in [4.78, 5) is 11.1. The minimum Gasteiger partial charge on any atom is -0.411 e. The smallest absolute Gasteiger partial charge is 0.192 e. The number of hydrogen-bond acceptors (Lipinski definition) is 6. The zero-order valence-corrected chi connectivity index (χ0v) is 23.0. The lowest BCUT2D eigenvalue weighted by Gasteiger charge is -2.36. The molecule has 3 rings (SSSR count). The van der Waals surface area contributed by atoms with Crippen molar-refractivity contribution < 1.29 is 4.43 Å². The molecule has 0 aliphatic rings. The van der Waals surface area contributed by atoms with E-state index in [1.54, 1.807) is 6.20 Å². The summed E-state index contributed by atoms with van der Waals surface area (Å²) in [6.45, 7) is 14.2. The first-order valence-electron chi connectivity index (χ1n) is 11.8. The predicted octanol–water partition coefficient (Wildman–Crippen LogP) is 5.85. The lowest BCUT2D eigenvalue weighted by atomic mass is 10.1. The number of aromatic nitrogens is 2. The van der Waals surface area contributed by atoms with Gasteiger partial charge in [-0.05, 0) is 67.1 Å². The first-order chi connectivity index (χ1) is 16.0. The Bertz CT molecular complexity index is 1100. The number of nitrogens with zero attached hydrogens (tertiary/aromatic N) is 3. The van der Waals surface area contributed by atoms with Crippen molar-refractivity contribution in [3.8, 4) is 0 Å². The lowest BCUT2D eigenvalue weighted by molar-refractivity contribution is 0.271. The van der Waals surface area contributed by atoms with Gasteiger partial charge in [-0.2, -0.15) is 0 Å². The summed E-state index contributed by atoms with van der Waals surface area (Å²) < 4.78 is 6.33. The van der Waals surface area contributed by atoms with Gasteiger partial charge in [-0.25, -0.2) is 0 Å². The van der Waals surface area contributed by atoms with Crippen molar-refractivity contribution in [2.24, 2.45) is 5.73 Å². The van der Waals surface area contributed by atoms with E-state index in [1.165, 1.54) is 0 Å². The van der Waals surface area contributed by atoms with Crippen molar-refractivity contribution in [1.82, 2.24) is 14.9 Å². The van der Waals surface area contributed by atoms with E-state index in [2.05, 4.69) is 67.2 Å². The number of nitrogens with one attached hydrogen (secondary N) is 1. The van der Waals surface area contributed by atoms with Crippen LogP contribution in [0.15, 0.2) is 48.8 Å². The molecule has 0 radical (unpaired) electrons. The second-order valence-electron chi connectivity index (χ2n) is 10.4. The fraction of sp³-hybridized carbons (Fsp3) is 0.462. The second kappa shape index (κ2) is 11.1. The fourth-order valence-corrected chi connectivity index (χ4v) is 4.57. The highest BCUT2D eigenvalue weighted by molar-refractivity contribution is 6.74. The average molecular weight is 500 g/mol. The molecule has 0 saturated heterocycles. The van der Waals surface area contributed by atoms with Crippen molar-refractivity contribution in [3.63, 3.8) is 0 Å². The van der Waals surface area contributed by atoms with E-state index in [-0.39, 0.29) is 11.1 Å². The van der Waals surface area contributed by atoms with Gasteiger partial charge >= 0.3 is 0 Å². The quantitative estimate of drug-likeness (QED) is 0.341. The molecule has 0 spiro atoms. The summed E-state index contributed by atoms with van der Waals surface area (Å²) in [6, 6.07) is 11.8. The SMILES string of the molecule is CN(CCNc1ccnc2cc(Cl)ccc12)CC(N)c1ccnc(CO[Si](C)(C)C(C)(C)C)c1. The third-order valence-electron chi connectivity index (χ3n) is 6.68. The maximum absolute atomic E-state index is 6.54. The summed E-state index contributed by atoms with van der Waals surface area (Å²) in [5.74, 6) is 0. The van der Waals surface area contributed by atoms with Gasteiger partial charge in [0.05, 0.1) is 17.8 Å². The van der Waals surface area contributed by atoms with Crippen molar-refractivity contribution >= 4 is 36.5 Å². The second-order valence-corrected chi connectivity index (χ2v) is 15.7. The van der Waals surface area contributed by atoms with Gasteiger partial charge < -0.3 is 20.4 Å². The number of nitrogens with two attached hydrogens (primary N) is 1. The van der Waals surface area contributed by atoms with Crippen LogP contribution in [0.25, 0.3) is 10.9 Å². The molecule has 0 bridgehead atoms. The minimum atomic E-state index is -1.82. The van der Waals surface area contributed by atoms with Crippen molar-refractivity contribution in [2.75, 3.05) is 32.0 Å². The van der Waals surface area contributed by atoms with Gasteiger partial charge in [0.1, 0.15) is 0 Å². The zero-order valence-electron chi connectivity index (χ0n) is 21.2. The number of fused-ring (bicyclic) bond motifs is 1. The van der Waals surface area contributed by atoms with Gasteiger partial charge in [-0.3, -0.25) is 9.97 Å². The maximum atomic E-state index is 6.54. The molecule has 0 aliphatic heterocycles. The van der Waals surface area contributed by atoms with Gasteiger partial charge in [-0.15, -0.1) is 0 Å². The summed E-state index contributed by atoms with van der Waals surface area (Å²) in [5, 5.41) is 5.45. The van der Waals surface area contributed by atoms with Crippen LogP contribution in [-0.2, 0) is 11.0 Å². The normalized spacial score (nSPS) is 13.4. The molecule has 0 amide bonds. The molecule has 2 heterocycles. The third-order valence-corrected chi connectivity index (χ3v) is 11.4. The third kappa shape index (κ3) is 6.99. The number of halogens is 1. The first-order valence-corrected chi connectivity index (χ1v) is 15.1. The standard InChI is InChI=1S/C26H38ClN5OSi/c1-26(2,3)34(5,6)33-18-21-15-19(9-11-29-21)23(28)17-32(4)14-13-31-24-10-12-30-25-16-20(27)7-8-22(24)25/h7-12,15-16,23H,13-14,17-18,28H2,1-6H3,(H,30,31). The van der Waals surface area contributed by atoms with Gasteiger partial charge in [0.2, 0.25) is 0 Å². The first kappa shape index (κ1) is 26.6. The molecule has 184 valence electrons. The van der Waals surface area contributed by atoms with Crippen LogP contribution in [0.5, 0.6) is 0 Å². The van der Waals surface area contributed by atoms with E-state index in [0.29, 0.717) is 11.6 Å². The predicted molar refractivity (Wildman–Crippen MR) is 146 cm³/mol. The summed E-state index contributed by atoms with van der Waals surface area (Å²) in [5.41, 5.74) is 10.5. The van der Waals surface area contributed by atoms with E-state index in [4.69, 9.17) is 21.8 Å². The van der Waals surface area contributed by atoms with Crippen molar-refractivity contribution in [2.45, 2.75) is 51.6 Å². The molecule has 34 heavy (non-hydrogen) atoms. The molecule has 1 unspecified atom stereocenters. The molecule has 0 saturated carbocycles. The monoisotopic (exact) mass is 499 g/mol. The molecule has 3 aromatic rings. The number of anilines is 1. The minimum absolute atomic E-state index is 0.0940. The van der Waals surface area contributed by atoms with E-state index < -0.39 is 8.32 Å². The van der Waals surface area contributed by atoms with Crippen LogP contribution in [0, 0.1) is 0 Å². The lowest BCUT2D eigenvalue weighted by Crippen LogP contribution is -2.40. The van der Waals surface area contributed by atoms with Crippen LogP contribution in [0.1, 0.15) is 38.1 Å². The van der Waals surface area contributed by atoms with Gasteiger partial charge in [0.15, 0.2) is 8.32 Å². The maximum Gasteiger partial charge on any atom is 0.192 e. The van der Waals surface area contributed by atoms with E-state index in [1.807, 2.05) is 36.5 Å². The van der Waals surface area contributed by atoms with Crippen molar-refractivity contribution in [1.29, 1.82) is 0 Å². The van der Waals surface area contributed by atoms with E-state index in [0.717, 1.165) is 47.5 Å². The van der Waals surface area contributed by atoms with Crippen molar-refractivity contribution in [3.05, 3.63) is 65.1 Å². The van der Waals surface area contributed by atoms with Gasteiger partial charge in [0, 0.05) is 54.2 Å². The largest absolute Gasteiger partial charge is 0.411 e. The molecule has 0 aliphatic carbocycles. The summed E-state index contributed by atoms with van der Waals surface area (Å²) in [7, 11) is 0.273. The molecule has 6 nitrogen and oxygen atoms in total. The Hall–Kier alpha value is -2.03. The molecule has 1 atom stereocenters. The van der Waals surface area contributed by atoms with Crippen LogP contribution in [0.2, 0.25) is 23.2 Å². The van der Waals surface area contributed by atoms with E-state index in [9.17, 15) is 0 Å². The topological polar surface area (TPSA) is 76.3 Å². The highest BCUT2D eigenvalue weighted by Gasteiger charge is 2.37. The Labute approximate surface area is 210 Å². The Balaban J connectivity index is 1.52. The number of hydrogen-bond donors (Lipinski definition) is 2. The van der Waals surface area contributed by atoms with Crippen LogP contribution in [0.4, 0.5) is 5.69 Å². The highest BCUT2D eigenvalue weighted by atomic mass is 35.5. The van der Waals surface area contributed by atoms with Crippen LogP contribution >= 0.6 is 11.6 Å². The highest BCUT2D eigenvalue weighted by Crippen LogP contribution is 2.37. The fourth-order valence-electron chi connectivity index (χ4n) is 3.47. The Morgan fingerprint density at radius 2 is 1.85 bits per heavy atom. The molecular weight excluding hydrogens is 462 g/mol. The van der Waals surface area contributed by atoms with Crippen LogP contribution in [0.3, 0.4) is 0 Å². The van der Waals surface area contributed by atoms with Gasteiger partial charge in [-0.1, -0.05) is 32.4 Å². The number of likely N-dealkylation sites (N-methyl/N-ethyl adjacent to an activating group) is 1. The number of benzene rings is 1. The molecule has 0 fully saturated rings. The molecular formula is C26H38ClN5OSi. The average Bonchev–Trinajstić information content (AvgIpc) is 2.77. The van der Waals surface area contributed by atoms with Crippen LogP contribution < -0.4 is 11.1 Å². The summed E-state index contributed by atoms with van der Waals surface area (Å²) >= 11 is 6.09. The molecule has 2 aromatic heterocycles. The number of pyridine rings is 2.